The first-order chi connectivity index (χ1) is 11.1. The number of hydrogen-bond donors (Lipinski definition) is 2. The summed E-state index contributed by atoms with van der Waals surface area (Å²) in [6, 6.07) is 5.39. The maximum absolute atomic E-state index is 11.9. The number of carbonyl (C=O) groups is 1. The van der Waals surface area contributed by atoms with Crippen LogP contribution in [0, 0.1) is 5.92 Å². The molecule has 1 aromatic carbocycles. The second kappa shape index (κ2) is 8.62. The maximum Gasteiger partial charge on any atom is 0.315 e. The van der Waals surface area contributed by atoms with E-state index >= 15 is 0 Å². The first-order valence-electron chi connectivity index (χ1n) is 8.08. The molecule has 0 aromatic heterocycles. The van der Waals surface area contributed by atoms with Crippen molar-refractivity contribution in [3.05, 3.63) is 23.8 Å². The first-order valence-corrected chi connectivity index (χ1v) is 8.08. The zero-order valence-electron chi connectivity index (χ0n) is 14.1. The lowest BCUT2D eigenvalue weighted by Crippen LogP contribution is -2.37. The molecular formula is C17H26N2O4. The molecular weight excluding hydrogens is 296 g/mol. The summed E-state index contributed by atoms with van der Waals surface area (Å²) in [5.74, 6) is 2.00. The molecule has 128 valence electrons. The lowest BCUT2D eigenvalue weighted by atomic mass is 10.1. The van der Waals surface area contributed by atoms with Crippen LogP contribution in [0.25, 0.3) is 0 Å². The smallest absolute Gasteiger partial charge is 0.315 e. The van der Waals surface area contributed by atoms with Gasteiger partial charge in [-0.3, -0.25) is 0 Å². The predicted octanol–water partition coefficient (Wildman–Crippen LogP) is 2.84. The second-order valence-corrected chi connectivity index (χ2v) is 6.06. The third-order valence-corrected chi connectivity index (χ3v) is 3.45. The molecule has 1 aliphatic heterocycles. The Morgan fingerprint density at radius 2 is 2.04 bits per heavy atom. The van der Waals surface area contributed by atoms with Crippen LogP contribution in [-0.2, 0) is 4.74 Å². The zero-order chi connectivity index (χ0) is 16.7. The normalized spacial score (nSPS) is 13.9. The molecule has 0 spiro atoms. The average molecular weight is 322 g/mol. The van der Waals surface area contributed by atoms with Crippen LogP contribution in [-0.4, -0.2) is 32.6 Å². The molecule has 0 saturated carbocycles. The number of urea groups is 1. The zero-order valence-corrected chi connectivity index (χ0v) is 14.1. The molecule has 1 aliphatic rings. The van der Waals surface area contributed by atoms with Gasteiger partial charge in [-0.05, 0) is 37.0 Å². The second-order valence-electron chi connectivity index (χ2n) is 6.06. The summed E-state index contributed by atoms with van der Waals surface area (Å²) in [7, 11) is 0. The number of fused-ring (bicyclic) bond motifs is 1. The van der Waals surface area contributed by atoms with Crippen LogP contribution in [0.5, 0.6) is 11.5 Å². The van der Waals surface area contributed by atoms with Gasteiger partial charge in [-0.15, -0.1) is 0 Å². The Kier molecular flexibility index (Phi) is 6.52. The standard InChI is InChI=1S/C17H26N2O4/c1-12(2)10-21-8-4-7-18-17(20)19-13(3)14-5-6-15-16(9-14)23-11-22-15/h5-6,9,12-13H,4,7-8,10-11H2,1-3H3,(H2,18,19,20). The Morgan fingerprint density at radius 3 is 2.83 bits per heavy atom. The fourth-order valence-electron chi connectivity index (χ4n) is 2.21. The number of hydrogen-bond acceptors (Lipinski definition) is 4. The summed E-state index contributed by atoms with van der Waals surface area (Å²) >= 11 is 0. The number of carbonyl (C=O) groups excluding carboxylic acids is 1. The van der Waals surface area contributed by atoms with Gasteiger partial charge in [-0.25, -0.2) is 4.79 Å². The van der Waals surface area contributed by atoms with Crippen molar-refractivity contribution in [3.8, 4) is 11.5 Å². The van der Waals surface area contributed by atoms with Gasteiger partial charge >= 0.3 is 6.03 Å². The van der Waals surface area contributed by atoms with Crippen molar-refractivity contribution in [2.75, 3.05) is 26.6 Å². The molecule has 6 nitrogen and oxygen atoms in total. The molecule has 2 N–H and O–H groups in total. The number of nitrogens with one attached hydrogen (secondary N) is 2. The van der Waals surface area contributed by atoms with Crippen LogP contribution in [0.3, 0.4) is 0 Å². The van der Waals surface area contributed by atoms with Gasteiger partial charge in [0, 0.05) is 19.8 Å². The summed E-state index contributed by atoms with van der Waals surface area (Å²) in [6.07, 6.45) is 0.804. The highest BCUT2D eigenvalue weighted by Crippen LogP contribution is 2.34. The largest absolute Gasteiger partial charge is 0.454 e. The van der Waals surface area contributed by atoms with E-state index in [-0.39, 0.29) is 18.9 Å². The highest BCUT2D eigenvalue weighted by molar-refractivity contribution is 5.74. The molecule has 0 aliphatic carbocycles. The molecule has 0 bridgehead atoms. The van der Waals surface area contributed by atoms with Gasteiger partial charge < -0.3 is 24.8 Å². The third kappa shape index (κ3) is 5.63. The van der Waals surface area contributed by atoms with Crippen LogP contribution >= 0.6 is 0 Å². The van der Waals surface area contributed by atoms with Crippen LogP contribution in [0.1, 0.15) is 38.8 Å². The summed E-state index contributed by atoms with van der Waals surface area (Å²) in [6.45, 7) is 8.43. The van der Waals surface area contributed by atoms with Crippen LogP contribution < -0.4 is 20.1 Å². The summed E-state index contributed by atoms with van der Waals surface area (Å²) in [5.41, 5.74) is 0.977. The van der Waals surface area contributed by atoms with E-state index in [1.807, 2.05) is 25.1 Å². The topological polar surface area (TPSA) is 68.8 Å². The summed E-state index contributed by atoms with van der Waals surface area (Å²) in [5, 5.41) is 5.75. The van der Waals surface area contributed by atoms with Crippen molar-refractivity contribution >= 4 is 6.03 Å². The minimum absolute atomic E-state index is 0.110. The van der Waals surface area contributed by atoms with Crippen LogP contribution in [0.2, 0.25) is 0 Å². The predicted molar refractivity (Wildman–Crippen MR) is 87.8 cm³/mol. The van der Waals surface area contributed by atoms with Crippen molar-refractivity contribution < 1.29 is 19.0 Å². The molecule has 1 heterocycles. The Morgan fingerprint density at radius 1 is 1.26 bits per heavy atom. The molecule has 1 aromatic rings. The van der Waals surface area contributed by atoms with E-state index in [1.165, 1.54) is 0 Å². The van der Waals surface area contributed by atoms with E-state index in [2.05, 4.69) is 24.5 Å². The average Bonchev–Trinajstić information content (AvgIpc) is 2.97. The molecule has 2 rings (SSSR count). The quantitative estimate of drug-likeness (QED) is 0.722. The van der Waals surface area contributed by atoms with Crippen molar-refractivity contribution in [2.24, 2.45) is 5.92 Å². The molecule has 1 atom stereocenters. The molecule has 0 fully saturated rings. The van der Waals surface area contributed by atoms with E-state index in [0.29, 0.717) is 19.1 Å². The minimum Gasteiger partial charge on any atom is -0.454 e. The van der Waals surface area contributed by atoms with E-state index < -0.39 is 0 Å². The van der Waals surface area contributed by atoms with Gasteiger partial charge in [0.25, 0.3) is 0 Å². The van der Waals surface area contributed by atoms with Gasteiger partial charge in [0.2, 0.25) is 6.79 Å². The maximum atomic E-state index is 11.9. The van der Waals surface area contributed by atoms with Crippen molar-refractivity contribution in [3.63, 3.8) is 0 Å². The van der Waals surface area contributed by atoms with E-state index in [4.69, 9.17) is 14.2 Å². The Balaban J connectivity index is 1.66. The van der Waals surface area contributed by atoms with Gasteiger partial charge in [0.1, 0.15) is 0 Å². The molecule has 0 radical (unpaired) electrons. The van der Waals surface area contributed by atoms with Crippen molar-refractivity contribution in [1.29, 1.82) is 0 Å². The molecule has 1 unspecified atom stereocenters. The lowest BCUT2D eigenvalue weighted by Gasteiger charge is -2.15. The molecule has 0 saturated heterocycles. The van der Waals surface area contributed by atoms with E-state index in [9.17, 15) is 4.79 Å². The highest BCUT2D eigenvalue weighted by atomic mass is 16.7. The van der Waals surface area contributed by atoms with Crippen molar-refractivity contribution in [1.82, 2.24) is 10.6 Å². The van der Waals surface area contributed by atoms with Crippen LogP contribution in [0.15, 0.2) is 18.2 Å². The van der Waals surface area contributed by atoms with Crippen molar-refractivity contribution in [2.45, 2.75) is 33.2 Å². The molecule has 2 amide bonds. The number of ether oxygens (including phenoxy) is 3. The fourth-order valence-corrected chi connectivity index (χ4v) is 2.21. The first kappa shape index (κ1) is 17.4. The Hall–Kier alpha value is -1.95. The van der Waals surface area contributed by atoms with Gasteiger partial charge in [0.15, 0.2) is 11.5 Å². The van der Waals surface area contributed by atoms with Gasteiger partial charge in [-0.1, -0.05) is 19.9 Å². The highest BCUT2D eigenvalue weighted by Gasteiger charge is 2.16. The summed E-state index contributed by atoms with van der Waals surface area (Å²) < 4.78 is 16.1. The van der Waals surface area contributed by atoms with Gasteiger partial charge in [0.05, 0.1) is 6.04 Å². The molecule has 6 heteroatoms. The Bertz CT molecular complexity index is 519. The molecule has 23 heavy (non-hydrogen) atoms. The van der Waals surface area contributed by atoms with Gasteiger partial charge in [-0.2, -0.15) is 0 Å². The lowest BCUT2D eigenvalue weighted by molar-refractivity contribution is 0.108. The van der Waals surface area contributed by atoms with E-state index in [1.54, 1.807) is 0 Å². The van der Waals surface area contributed by atoms with Crippen LogP contribution in [0.4, 0.5) is 4.79 Å². The third-order valence-electron chi connectivity index (χ3n) is 3.45. The number of amides is 2. The fraction of sp³-hybridized carbons (Fsp3) is 0.588. The number of rotatable bonds is 8. The number of benzene rings is 1. The monoisotopic (exact) mass is 322 g/mol. The minimum atomic E-state index is -0.181. The van der Waals surface area contributed by atoms with E-state index in [0.717, 1.165) is 30.1 Å². The summed E-state index contributed by atoms with van der Waals surface area (Å²) in [4.78, 5) is 11.9. The Labute approximate surface area is 137 Å². The SMILES string of the molecule is CC(C)COCCCNC(=O)NC(C)c1ccc2c(c1)OCO2.